The second-order valence-corrected chi connectivity index (χ2v) is 4.71. The minimum Gasteiger partial charge on any atom is -0.468 e. The summed E-state index contributed by atoms with van der Waals surface area (Å²) in [4.78, 5) is 23.2. The van der Waals surface area contributed by atoms with Crippen LogP contribution in [-0.4, -0.2) is 31.4 Å². The number of ether oxygens (including phenoxy) is 3. The van der Waals surface area contributed by atoms with Crippen molar-refractivity contribution in [2.45, 2.75) is 31.7 Å². The fourth-order valence-electron chi connectivity index (χ4n) is 3.21. The van der Waals surface area contributed by atoms with Crippen LogP contribution in [0.2, 0.25) is 0 Å². The quantitative estimate of drug-likeness (QED) is 0.480. The second-order valence-electron chi connectivity index (χ2n) is 4.71. The van der Waals surface area contributed by atoms with Gasteiger partial charge in [0.05, 0.1) is 13.2 Å². The maximum absolute atomic E-state index is 11.6. The lowest BCUT2D eigenvalue weighted by Crippen LogP contribution is -2.38. The van der Waals surface area contributed by atoms with Crippen LogP contribution < -0.4 is 0 Å². The Morgan fingerprint density at radius 3 is 3.00 bits per heavy atom. The van der Waals surface area contributed by atoms with Gasteiger partial charge in [-0.3, -0.25) is 9.59 Å². The molecular weight excluding hydrogens is 212 g/mol. The molecule has 1 aliphatic carbocycles. The number of hydrogen-bond acceptors (Lipinski definition) is 5. The molecule has 1 saturated carbocycles. The number of hydrogen-bond donors (Lipinski definition) is 0. The first-order valence-corrected chi connectivity index (χ1v) is 5.64. The largest absolute Gasteiger partial charge is 0.468 e. The van der Waals surface area contributed by atoms with Gasteiger partial charge < -0.3 is 14.2 Å². The van der Waals surface area contributed by atoms with E-state index in [2.05, 4.69) is 4.74 Å². The van der Waals surface area contributed by atoms with E-state index in [1.807, 2.05) is 0 Å². The lowest BCUT2D eigenvalue weighted by Gasteiger charge is -2.31. The summed E-state index contributed by atoms with van der Waals surface area (Å²) < 4.78 is 15.4. The van der Waals surface area contributed by atoms with E-state index in [4.69, 9.17) is 9.47 Å². The van der Waals surface area contributed by atoms with Crippen LogP contribution >= 0.6 is 0 Å². The minimum atomic E-state index is -0.779. The van der Waals surface area contributed by atoms with E-state index in [1.165, 1.54) is 7.11 Å². The van der Waals surface area contributed by atoms with Crippen LogP contribution in [0.3, 0.4) is 0 Å². The molecule has 5 nitrogen and oxygen atoms in total. The number of methoxy groups -OCH3 is 1. The summed E-state index contributed by atoms with van der Waals surface area (Å²) in [6.45, 7) is 0. The highest BCUT2D eigenvalue weighted by molar-refractivity contribution is 5.96. The van der Waals surface area contributed by atoms with E-state index < -0.39 is 24.1 Å². The molecule has 0 amide bonds. The van der Waals surface area contributed by atoms with Crippen molar-refractivity contribution >= 4 is 11.9 Å². The number of carbonyl (C=O) groups is 2. The van der Waals surface area contributed by atoms with Crippen molar-refractivity contribution in [2.75, 3.05) is 7.11 Å². The summed E-state index contributed by atoms with van der Waals surface area (Å²) in [5.41, 5.74) is 0. The van der Waals surface area contributed by atoms with Crippen molar-refractivity contribution in [1.29, 1.82) is 0 Å². The SMILES string of the molecule is COC(=O)C1C(=O)OC2O[C@@H]3CC[C@@H](C3)C21. The van der Waals surface area contributed by atoms with Crippen LogP contribution in [0.15, 0.2) is 0 Å². The van der Waals surface area contributed by atoms with Crippen molar-refractivity contribution in [2.24, 2.45) is 17.8 Å². The lowest BCUT2D eigenvalue weighted by atomic mass is 9.80. The molecule has 88 valence electrons. The molecule has 2 heterocycles. The van der Waals surface area contributed by atoms with Crippen LogP contribution in [-0.2, 0) is 23.8 Å². The zero-order chi connectivity index (χ0) is 11.3. The molecule has 3 rings (SSSR count). The minimum absolute atomic E-state index is 0.140. The molecule has 5 atom stereocenters. The molecule has 2 aliphatic heterocycles. The van der Waals surface area contributed by atoms with Gasteiger partial charge in [-0.2, -0.15) is 0 Å². The van der Waals surface area contributed by atoms with E-state index in [0.717, 1.165) is 19.3 Å². The molecule has 0 aromatic rings. The van der Waals surface area contributed by atoms with E-state index in [-0.39, 0.29) is 12.0 Å². The van der Waals surface area contributed by atoms with Gasteiger partial charge in [-0.15, -0.1) is 0 Å². The molecule has 0 radical (unpaired) electrons. The van der Waals surface area contributed by atoms with Crippen LogP contribution in [0.25, 0.3) is 0 Å². The summed E-state index contributed by atoms with van der Waals surface area (Å²) in [6, 6.07) is 0. The smallest absolute Gasteiger partial charge is 0.323 e. The molecule has 3 unspecified atom stereocenters. The van der Waals surface area contributed by atoms with Crippen molar-refractivity contribution in [3.63, 3.8) is 0 Å². The highest BCUT2D eigenvalue weighted by Crippen LogP contribution is 2.48. The fraction of sp³-hybridized carbons (Fsp3) is 0.818. The Labute approximate surface area is 93.0 Å². The third kappa shape index (κ3) is 1.27. The zero-order valence-corrected chi connectivity index (χ0v) is 9.05. The van der Waals surface area contributed by atoms with Gasteiger partial charge in [-0.1, -0.05) is 0 Å². The molecule has 2 bridgehead atoms. The van der Waals surface area contributed by atoms with Crippen LogP contribution in [0.5, 0.6) is 0 Å². The van der Waals surface area contributed by atoms with Crippen LogP contribution in [0.1, 0.15) is 19.3 Å². The third-order valence-corrected chi connectivity index (χ3v) is 3.94. The monoisotopic (exact) mass is 226 g/mol. The first-order valence-electron chi connectivity index (χ1n) is 5.64. The fourth-order valence-corrected chi connectivity index (χ4v) is 3.21. The van der Waals surface area contributed by atoms with Gasteiger partial charge in [0.1, 0.15) is 0 Å². The molecule has 0 aromatic carbocycles. The predicted octanol–water partition coefficient (Wildman–Crippen LogP) is 0.474. The Balaban J connectivity index is 1.89. The van der Waals surface area contributed by atoms with Gasteiger partial charge in [0, 0.05) is 5.92 Å². The summed E-state index contributed by atoms with van der Waals surface area (Å²) in [6.07, 6.45) is 2.63. The molecule has 3 aliphatic rings. The van der Waals surface area contributed by atoms with Crippen LogP contribution in [0, 0.1) is 17.8 Å². The Kier molecular flexibility index (Phi) is 2.17. The number of rotatable bonds is 1. The molecule has 5 heteroatoms. The molecule has 2 saturated heterocycles. The summed E-state index contributed by atoms with van der Waals surface area (Å²) >= 11 is 0. The average molecular weight is 226 g/mol. The summed E-state index contributed by atoms with van der Waals surface area (Å²) in [7, 11) is 1.30. The Morgan fingerprint density at radius 2 is 2.25 bits per heavy atom. The average Bonchev–Trinajstić information content (AvgIpc) is 2.80. The topological polar surface area (TPSA) is 61.8 Å². The van der Waals surface area contributed by atoms with Gasteiger partial charge in [0.2, 0.25) is 6.29 Å². The van der Waals surface area contributed by atoms with Crippen molar-refractivity contribution < 1.29 is 23.8 Å². The summed E-state index contributed by atoms with van der Waals surface area (Å²) in [5.74, 6) is -1.54. The molecule has 16 heavy (non-hydrogen) atoms. The van der Waals surface area contributed by atoms with Gasteiger partial charge in [0.15, 0.2) is 5.92 Å². The highest BCUT2D eigenvalue weighted by atomic mass is 16.7. The first kappa shape index (κ1) is 10.1. The standard InChI is InChI=1S/C11H14O5/c1-14-9(12)8-7-5-2-3-6(4-5)15-11(7)16-10(8)13/h5-8,11H,2-4H2,1H3/t5-,6+,7?,8?,11?/m0/s1. The Hall–Kier alpha value is -1.10. The maximum Gasteiger partial charge on any atom is 0.323 e. The van der Waals surface area contributed by atoms with Gasteiger partial charge in [-0.05, 0) is 25.2 Å². The van der Waals surface area contributed by atoms with Crippen molar-refractivity contribution in [3.05, 3.63) is 0 Å². The number of carbonyl (C=O) groups excluding carboxylic acids is 2. The third-order valence-electron chi connectivity index (χ3n) is 3.94. The molecular formula is C11H14O5. The van der Waals surface area contributed by atoms with Crippen molar-refractivity contribution in [1.82, 2.24) is 0 Å². The Morgan fingerprint density at radius 1 is 1.44 bits per heavy atom. The van der Waals surface area contributed by atoms with E-state index in [1.54, 1.807) is 0 Å². The van der Waals surface area contributed by atoms with E-state index >= 15 is 0 Å². The molecule has 3 fully saturated rings. The normalized spacial score (nSPS) is 45.1. The van der Waals surface area contributed by atoms with Gasteiger partial charge >= 0.3 is 11.9 Å². The van der Waals surface area contributed by atoms with E-state index in [9.17, 15) is 9.59 Å². The lowest BCUT2D eigenvalue weighted by molar-refractivity contribution is -0.192. The zero-order valence-electron chi connectivity index (χ0n) is 9.05. The number of esters is 2. The van der Waals surface area contributed by atoms with Crippen LogP contribution in [0.4, 0.5) is 0 Å². The second kappa shape index (κ2) is 3.45. The van der Waals surface area contributed by atoms with Gasteiger partial charge in [-0.25, -0.2) is 0 Å². The van der Waals surface area contributed by atoms with Crippen molar-refractivity contribution in [3.8, 4) is 0 Å². The molecule has 0 N–H and O–H groups in total. The molecule has 0 spiro atoms. The highest BCUT2D eigenvalue weighted by Gasteiger charge is 2.58. The van der Waals surface area contributed by atoms with E-state index in [0.29, 0.717) is 5.92 Å². The Bertz CT molecular complexity index is 339. The first-order chi connectivity index (χ1) is 7.70. The molecule has 0 aromatic heterocycles. The summed E-state index contributed by atoms with van der Waals surface area (Å²) in [5, 5.41) is 0. The predicted molar refractivity (Wildman–Crippen MR) is 51.1 cm³/mol. The maximum atomic E-state index is 11.6. The van der Waals surface area contributed by atoms with Gasteiger partial charge in [0.25, 0.3) is 0 Å². The number of fused-ring (bicyclic) bond motifs is 4.